The average Bonchev–Trinajstić information content (AvgIpc) is 3.08. The fourth-order valence-corrected chi connectivity index (χ4v) is 7.33. The number of hydrogen-bond acceptors (Lipinski definition) is 5. The maximum Gasteiger partial charge on any atom is 0.403 e. The highest BCUT2D eigenvalue weighted by atomic mass is 19.4. The van der Waals surface area contributed by atoms with Gasteiger partial charge in [0.05, 0.1) is 12.2 Å². The third-order valence-corrected chi connectivity index (χ3v) is 10.2. The molecule has 52 heavy (non-hydrogen) atoms. The van der Waals surface area contributed by atoms with Gasteiger partial charge in [0, 0.05) is 56.0 Å². The Hall–Kier alpha value is -4.37. The Morgan fingerprint density at radius 1 is 0.769 bits per heavy atom. The van der Waals surface area contributed by atoms with E-state index in [9.17, 15) is 49.8 Å². The molecule has 2 fully saturated rings. The molecule has 0 bridgehead atoms. The van der Waals surface area contributed by atoms with E-state index in [1.165, 1.54) is 0 Å². The van der Waals surface area contributed by atoms with E-state index >= 15 is 0 Å². The summed E-state index contributed by atoms with van der Waals surface area (Å²) in [5.74, 6) is -5.84. The molecule has 4 aromatic rings. The van der Waals surface area contributed by atoms with Gasteiger partial charge in [-0.2, -0.15) is 26.3 Å². The number of nitrogens with zero attached hydrogens (tertiary/aromatic N) is 3. The number of amides is 1. The summed E-state index contributed by atoms with van der Waals surface area (Å²) in [7, 11) is 0. The van der Waals surface area contributed by atoms with Crippen LogP contribution in [0.25, 0.3) is 32.8 Å². The predicted octanol–water partition coefficient (Wildman–Crippen LogP) is 7.60. The Balaban J connectivity index is 1.27. The predicted molar refractivity (Wildman–Crippen MR) is 178 cm³/mol. The Morgan fingerprint density at radius 2 is 1.35 bits per heavy atom. The molecule has 0 spiro atoms. The van der Waals surface area contributed by atoms with Crippen molar-refractivity contribution in [2.24, 2.45) is 5.41 Å². The minimum atomic E-state index is -5.13. The first-order chi connectivity index (χ1) is 24.5. The highest BCUT2D eigenvalue weighted by molar-refractivity contribution is 6.05. The maximum atomic E-state index is 14.4. The van der Waals surface area contributed by atoms with Gasteiger partial charge in [0.2, 0.25) is 5.91 Å². The van der Waals surface area contributed by atoms with Crippen molar-refractivity contribution in [1.29, 1.82) is 0 Å². The SMILES string of the molecule is O=C(O)[C@H](Cc1cccc2c(-c3ncc(CN4CCC(F)(F)CC4)c4ccccc34)cccc12)NC(=O)C1(C(F)(F)F)CCN(CC(F)(F)F)CC1. The molecule has 2 N–H and O–H groups in total. The Kier molecular flexibility index (Phi) is 10.2. The number of aliphatic carboxylic acids is 1. The van der Waals surface area contributed by atoms with E-state index in [0.29, 0.717) is 34.1 Å². The summed E-state index contributed by atoms with van der Waals surface area (Å²) in [4.78, 5) is 33.2. The summed E-state index contributed by atoms with van der Waals surface area (Å²) in [6.07, 6.45) is -10.7. The van der Waals surface area contributed by atoms with E-state index in [0.717, 1.165) is 21.2 Å². The number of hydrogen-bond donors (Lipinski definition) is 2. The number of carboxylic acid groups (broad SMARTS) is 1. The molecule has 15 heteroatoms. The molecule has 278 valence electrons. The number of alkyl halides is 8. The van der Waals surface area contributed by atoms with Crippen LogP contribution in [0, 0.1) is 5.41 Å². The molecule has 1 amide bonds. The molecule has 2 saturated heterocycles. The van der Waals surface area contributed by atoms with Crippen LogP contribution in [0.4, 0.5) is 35.1 Å². The van der Waals surface area contributed by atoms with Gasteiger partial charge in [0.25, 0.3) is 5.92 Å². The quantitative estimate of drug-likeness (QED) is 0.172. The molecule has 6 rings (SSSR count). The number of nitrogens with one attached hydrogen (secondary N) is 1. The monoisotopic (exact) mass is 736 g/mol. The number of carbonyl (C=O) groups excluding carboxylic acids is 1. The summed E-state index contributed by atoms with van der Waals surface area (Å²) < 4.78 is 109. The lowest BCUT2D eigenvalue weighted by atomic mass is 9.76. The first-order valence-electron chi connectivity index (χ1n) is 16.8. The van der Waals surface area contributed by atoms with E-state index in [2.05, 4.69) is 5.32 Å². The number of aromatic nitrogens is 1. The topological polar surface area (TPSA) is 85.8 Å². The number of rotatable bonds is 9. The number of benzene rings is 3. The van der Waals surface area contributed by atoms with Crippen molar-refractivity contribution < 1.29 is 49.8 Å². The summed E-state index contributed by atoms with van der Waals surface area (Å²) in [5, 5.41) is 15.1. The van der Waals surface area contributed by atoms with Crippen LogP contribution in [-0.2, 0) is 22.6 Å². The molecular weight excluding hydrogens is 700 g/mol. The Labute approximate surface area is 293 Å². The van der Waals surface area contributed by atoms with Crippen LogP contribution in [0.2, 0.25) is 0 Å². The van der Waals surface area contributed by atoms with Gasteiger partial charge in [-0.15, -0.1) is 0 Å². The Morgan fingerprint density at radius 3 is 1.98 bits per heavy atom. The molecule has 0 aliphatic carbocycles. The van der Waals surface area contributed by atoms with Crippen molar-refractivity contribution >= 4 is 33.4 Å². The van der Waals surface area contributed by atoms with Crippen LogP contribution in [0.15, 0.2) is 66.9 Å². The average molecular weight is 737 g/mol. The van der Waals surface area contributed by atoms with E-state index in [1.54, 1.807) is 36.5 Å². The normalized spacial score (nSPS) is 19.1. The summed E-state index contributed by atoms with van der Waals surface area (Å²) in [6.45, 7) is -1.75. The summed E-state index contributed by atoms with van der Waals surface area (Å²) in [6, 6.07) is 16.1. The zero-order valence-electron chi connectivity index (χ0n) is 27.8. The highest BCUT2D eigenvalue weighted by Gasteiger charge is 2.61. The number of halogens is 8. The maximum absolute atomic E-state index is 14.4. The minimum Gasteiger partial charge on any atom is -0.480 e. The van der Waals surface area contributed by atoms with Crippen LogP contribution in [-0.4, -0.2) is 88.8 Å². The lowest BCUT2D eigenvalue weighted by Crippen LogP contribution is -2.59. The van der Waals surface area contributed by atoms with Crippen LogP contribution >= 0.6 is 0 Å². The molecule has 7 nitrogen and oxygen atoms in total. The van der Waals surface area contributed by atoms with Crippen molar-refractivity contribution in [2.45, 2.75) is 63.0 Å². The molecule has 2 aliphatic rings. The molecule has 0 unspecified atom stereocenters. The highest BCUT2D eigenvalue weighted by Crippen LogP contribution is 2.47. The zero-order valence-corrected chi connectivity index (χ0v) is 27.8. The van der Waals surface area contributed by atoms with E-state index in [1.807, 2.05) is 35.2 Å². The second kappa shape index (κ2) is 14.2. The van der Waals surface area contributed by atoms with Crippen molar-refractivity contribution in [3.8, 4) is 11.3 Å². The molecule has 3 heterocycles. The van der Waals surface area contributed by atoms with Crippen LogP contribution < -0.4 is 5.32 Å². The lowest BCUT2D eigenvalue weighted by molar-refractivity contribution is -0.236. The van der Waals surface area contributed by atoms with Crippen LogP contribution in [0.5, 0.6) is 0 Å². The van der Waals surface area contributed by atoms with E-state index in [4.69, 9.17) is 4.98 Å². The van der Waals surface area contributed by atoms with Gasteiger partial charge in [-0.25, -0.2) is 13.6 Å². The third kappa shape index (κ3) is 7.85. The van der Waals surface area contributed by atoms with Crippen molar-refractivity contribution in [1.82, 2.24) is 20.1 Å². The molecule has 1 atom stereocenters. The fourth-order valence-electron chi connectivity index (χ4n) is 7.33. The van der Waals surface area contributed by atoms with Crippen molar-refractivity contribution in [3.63, 3.8) is 0 Å². The van der Waals surface area contributed by atoms with Gasteiger partial charge < -0.3 is 10.4 Å². The lowest BCUT2D eigenvalue weighted by Gasteiger charge is -2.42. The third-order valence-electron chi connectivity index (χ3n) is 10.2. The minimum absolute atomic E-state index is 0.214. The smallest absolute Gasteiger partial charge is 0.403 e. The van der Waals surface area contributed by atoms with Gasteiger partial charge in [-0.3, -0.25) is 19.6 Å². The van der Waals surface area contributed by atoms with Crippen molar-refractivity contribution in [3.05, 3.63) is 78.0 Å². The number of piperidine rings is 2. The van der Waals surface area contributed by atoms with Crippen molar-refractivity contribution in [2.75, 3.05) is 32.7 Å². The zero-order chi connectivity index (χ0) is 37.5. The summed E-state index contributed by atoms with van der Waals surface area (Å²) in [5.41, 5.74) is -0.451. The van der Waals surface area contributed by atoms with Crippen LogP contribution in [0.3, 0.4) is 0 Å². The standard InChI is InChI=1S/C37H36F8N4O3/c38-35(39)13-17-48(18-14-35)21-24-20-46-31(28-7-2-1-6-26(24)28)29-10-4-8-25-23(5-3-9-27(25)29)19-30(32(50)51)47-33(52)34(37(43,44)45)11-15-49(16-12-34)22-36(40,41)42/h1-10,20,30H,11-19,21-22H2,(H,47,52)(H,50,51)/t30-/m0/s1. The molecule has 0 saturated carbocycles. The molecular formula is C37H36F8N4O3. The summed E-state index contributed by atoms with van der Waals surface area (Å²) >= 11 is 0. The van der Waals surface area contributed by atoms with E-state index < -0.39 is 74.1 Å². The number of carboxylic acids is 1. The second-order valence-corrected chi connectivity index (χ2v) is 13.7. The molecule has 1 aromatic heterocycles. The number of carbonyl (C=O) groups is 2. The van der Waals surface area contributed by atoms with Gasteiger partial charge in [-0.1, -0.05) is 60.7 Å². The molecule has 3 aromatic carbocycles. The largest absolute Gasteiger partial charge is 0.480 e. The van der Waals surface area contributed by atoms with Gasteiger partial charge in [0.1, 0.15) is 11.5 Å². The second-order valence-electron chi connectivity index (χ2n) is 13.7. The Bertz CT molecular complexity index is 1950. The van der Waals surface area contributed by atoms with Gasteiger partial charge in [0.15, 0.2) is 0 Å². The molecule has 0 radical (unpaired) electrons. The first kappa shape index (κ1) is 37.4. The first-order valence-corrected chi connectivity index (χ1v) is 16.8. The van der Waals surface area contributed by atoms with Gasteiger partial charge >= 0.3 is 18.3 Å². The van der Waals surface area contributed by atoms with Crippen LogP contribution in [0.1, 0.15) is 36.8 Å². The number of fused-ring (bicyclic) bond motifs is 2. The van der Waals surface area contributed by atoms with E-state index in [-0.39, 0.29) is 32.4 Å². The molecule has 2 aliphatic heterocycles. The fraction of sp³-hybridized carbons (Fsp3) is 0.432. The number of likely N-dealkylation sites (tertiary alicyclic amines) is 2. The van der Waals surface area contributed by atoms with Gasteiger partial charge in [-0.05, 0) is 53.2 Å². The number of pyridine rings is 1.